The van der Waals surface area contributed by atoms with Crippen molar-refractivity contribution in [2.45, 2.75) is 33.6 Å². The molecule has 2 heteroatoms. The predicted molar refractivity (Wildman–Crippen MR) is 53.4 cm³/mol. The van der Waals surface area contributed by atoms with Crippen molar-refractivity contribution in [3.05, 3.63) is 0 Å². The average Bonchev–Trinajstić information content (AvgIpc) is 2.02. The molecular formula is C10H23NO. The molecule has 0 aromatic rings. The van der Waals surface area contributed by atoms with Crippen molar-refractivity contribution in [3.8, 4) is 0 Å². The highest BCUT2D eigenvalue weighted by Gasteiger charge is 2.22. The Morgan fingerprint density at radius 1 is 1.33 bits per heavy atom. The van der Waals surface area contributed by atoms with Crippen LogP contribution in [-0.4, -0.2) is 26.8 Å². The largest absolute Gasteiger partial charge is 0.381 e. The summed E-state index contributed by atoms with van der Waals surface area (Å²) in [4.78, 5) is 0. The van der Waals surface area contributed by atoms with E-state index in [1.807, 2.05) is 14.0 Å². The van der Waals surface area contributed by atoms with Gasteiger partial charge in [0.1, 0.15) is 0 Å². The highest BCUT2D eigenvalue weighted by molar-refractivity contribution is 4.75. The van der Waals surface area contributed by atoms with E-state index in [1.54, 1.807) is 0 Å². The van der Waals surface area contributed by atoms with E-state index in [0.29, 0.717) is 5.41 Å². The summed E-state index contributed by atoms with van der Waals surface area (Å²) in [5.74, 6) is 0. The van der Waals surface area contributed by atoms with E-state index in [1.165, 1.54) is 12.8 Å². The van der Waals surface area contributed by atoms with Gasteiger partial charge in [-0.1, -0.05) is 20.3 Å². The molecule has 2 nitrogen and oxygen atoms in total. The van der Waals surface area contributed by atoms with Crippen molar-refractivity contribution in [2.75, 3.05) is 26.8 Å². The molecule has 0 aromatic heterocycles. The normalized spacial score (nSPS) is 16.0. The zero-order chi connectivity index (χ0) is 9.45. The van der Waals surface area contributed by atoms with E-state index >= 15 is 0 Å². The quantitative estimate of drug-likeness (QED) is 0.636. The number of rotatable bonds is 7. The van der Waals surface area contributed by atoms with Gasteiger partial charge in [-0.25, -0.2) is 0 Å². The molecule has 0 bridgehead atoms. The van der Waals surface area contributed by atoms with Crippen molar-refractivity contribution in [1.29, 1.82) is 0 Å². The Morgan fingerprint density at radius 3 is 2.42 bits per heavy atom. The van der Waals surface area contributed by atoms with Gasteiger partial charge >= 0.3 is 0 Å². The van der Waals surface area contributed by atoms with Crippen LogP contribution < -0.4 is 5.32 Å². The lowest BCUT2D eigenvalue weighted by atomic mass is 9.86. The number of nitrogens with one attached hydrogen (secondary N) is 1. The fourth-order valence-electron chi connectivity index (χ4n) is 1.59. The van der Waals surface area contributed by atoms with Crippen LogP contribution in [0, 0.1) is 5.41 Å². The third-order valence-electron chi connectivity index (χ3n) is 2.11. The second kappa shape index (κ2) is 6.44. The van der Waals surface area contributed by atoms with E-state index in [-0.39, 0.29) is 0 Å². The van der Waals surface area contributed by atoms with Gasteiger partial charge in [0, 0.05) is 18.6 Å². The molecule has 0 rings (SSSR count). The number of ether oxygens (including phenoxy) is 1. The van der Waals surface area contributed by atoms with Crippen molar-refractivity contribution >= 4 is 0 Å². The zero-order valence-corrected chi connectivity index (χ0v) is 8.94. The van der Waals surface area contributed by atoms with E-state index < -0.39 is 0 Å². The molecule has 74 valence electrons. The van der Waals surface area contributed by atoms with Crippen molar-refractivity contribution in [1.82, 2.24) is 5.32 Å². The molecule has 1 atom stereocenters. The van der Waals surface area contributed by atoms with Crippen molar-refractivity contribution in [3.63, 3.8) is 0 Å². The molecule has 0 aliphatic carbocycles. The lowest BCUT2D eigenvalue weighted by Gasteiger charge is -2.28. The minimum atomic E-state index is 0.319. The third kappa shape index (κ3) is 4.73. The molecule has 0 heterocycles. The minimum Gasteiger partial charge on any atom is -0.381 e. The topological polar surface area (TPSA) is 21.3 Å². The lowest BCUT2D eigenvalue weighted by Crippen LogP contribution is -2.34. The SMILES string of the molecule is CCCC(C)(CNC)COCC. The second-order valence-electron chi connectivity index (χ2n) is 3.73. The Kier molecular flexibility index (Phi) is 6.39. The second-order valence-corrected chi connectivity index (χ2v) is 3.73. The maximum absolute atomic E-state index is 5.46. The summed E-state index contributed by atoms with van der Waals surface area (Å²) in [5.41, 5.74) is 0.319. The first-order chi connectivity index (χ1) is 5.68. The number of hydrogen-bond acceptors (Lipinski definition) is 2. The maximum Gasteiger partial charge on any atom is 0.0531 e. The van der Waals surface area contributed by atoms with Crippen LogP contribution in [0.1, 0.15) is 33.6 Å². The fourth-order valence-corrected chi connectivity index (χ4v) is 1.59. The van der Waals surface area contributed by atoms with Gasteiger partial charge in [0.05, 0.1) is 6.61 Å². The Morgan fingerprint density at radius 2 is 2.00 bits per heavy atom. The van der Waals surface area contributed by atoms with Crippen LogP contribution in [-0.2, 0) is 4.74 Å². The van der Waals surface area contributed by atoms with Crippen LogP contribution in [0.15, 0.2) is 0 Å². The molecule has 1 N–H and O–H groups in total. The standard InChI is InChI=1S/C10H23NO/c1-5-7-10(3,8-11-4)9-12-6-2/h11H,5-9H2,1-4H3. The van der Waals surface area contributed by atoms with E-state index in [0.717, 1.165) is 19.8 Å². The zero-order valence-electron chi connectivity index (χ0n) is 8.94. The highest BCUT2D eigenvalue weighted by atomic mass is 16.5. The summed E-state index contributed by atoms with van der Waals surface area (Å²) in [6.45, 7) is 9.29. The predicted octanol–water partition coefficient (Wildman–Crippen LogP) is 2.05. The van der Waals surface area contributed by atoms with Crippen LogP contribution in [0.4, 0.5) is 0 Å². The summed E-state index contributed by atoms with van der Waals surface area (Å²) in [6, 6.07) is 0. The maximum atomic E-state index is 5.46. The molecule has 0 saturated heterocycles. The summed E-state index contributed by atoms with van der Waals surface area (Å²) in [6.07, 6.45) is 2.46. The van der Waals surface area contributed by atoms with Crippen molar-refractivity contribution < 1.29 is 4.74 Å². The summed E-state index contributed by atoms with van der Waals surface area (Å²) < 4.78 is 5.46. The summed E-state index contributed by atoms with van der Waals surface area (Å²) in [7, 11) is 2.00. The molecule has 0 spiro atoms. The van der Waals surface area contributed by atoms with Gasteiger partial charge in [-0.3, -0.25) is 0 Å². The highest BCUT2D eigenvalue weighted by Crippen LogP contribution is 2.22. The molecule has 0 aliphatic heterocycles. The van der Waals surface area contributed by atoms with Gasteiger partial charge in [0.25, 0.3) is 0 Å². The monoisotopic (exact) mass is 173 g/mol. The van der Waals surface area contributed by atoms with E-state index in [4.69, 9.17) is 4.74 Å². The smallest absolute Gasteiger partial charge is 0.0531 e. The van der Waals surface area contributed by atoms with Gasteiger partial charge in [-0.15, -0.1) is 0 Å². The van der Waals surface area contributed by atoms with Gasteiger partial charge < -0.3 is 10.1 Å². The Bertz CT molecular complexity index is 98.0. The Hall–Kier alpha value is -0.0800. The first-order valence-electron chi connectivity index (χ1n) is 4.91. The van der Waals surface area contributed by atoms with Gasteiger partial charge in [-0.2, -0.15) is 0 Å². The molecule has 0 radical (unpaired) electrons. The molecule has 0 amide bonds. The first kappa shape index (κ1) is 11.9. The average molecular weight is 173 g/mol. The van der Waals surface area contributed by atoms with Crippen LogP contribution >= 0.6 is 0 Å². The molecular weight excluding hydrogens is 150 g/mol. The third-order valence-corrected chi connectivity index (χ3v) is 2.11. The molecule has 0 saturated carbocycles. The fraction of sp³-hybridized carbons (Fsp3) is 1.00. The first-order valence-corrected chi connectivity index (χ1v) is 4.91. The Labute approximate surface area is 76.7 Å². The summed E-state index contributed by atoms with van der Waals surface area (Å²) >= 11 is 0. The molecule has 0 aromatic carbocycles. The van der Waals surface area contributed by atoms with Gasteiger partial charge in [-0.05, 0) is 20.4 Å². The van der Waals surface area contributed by atoms with Crippen LogP contribution in [0.2, 0.25) is 0 Å². The molecule has 0 aliphatic rings. The van der Waals surface area contributed by atoms with Gasteiger partial charge in [0.15, 0.2) is 0 Å². The lowest BCUT2D eigenvalue weighted by molar-refractivity contribution is 0.0559. The minimum absolute atomic E-state index is 0.319. The van der Waals surface area contributed by atoms with E-state index in [2.05, 4.69) is 19.2 Å². The van der Waals surface area contributed by atoms with Crippen LogP contribution in [0.25, 0.3) is 0 Å². The van der Waals surface area contributed by atoms with Crippen molar-refractivity contribution in [2.24, 2.45) is 5.41 Å². The van der Waals surface area contributed by atoms with Crippen LogP contribution in [0.5, 0.6) is 0 Å². The summed E-state index contributed by atoms with van der Waals surface area (Å²) in [5, 5.41) is 3.22. The molecule has 1 unspecified atom stereocenters. The molecule has 12 heavy (non-hydrogen) atoms. The van der Waals surface area contributed by atoms with Crippen LogP contribution in [0.3, 0.4) is 0 Å². The van der Waals surface area contributed by atoms with E-state index in [9.17, 15) is 0 Å². The number of hydrogen-bond donors (Lipinski definition) is 1. The Balaban J connectivity index is 3.80. The van der Waals surface area contributed by atoms with Gasteiger partial charge in [0.2, 0.25) is 0 Å². The molecule has 0 fully saturated rings.